The predicted octanol–water partition coefficient (Wildman–Crippen LogP) is 4.37. The van der Waals surface area contributed by atoms with Crippen LogP contribution in [0.5, 0.6) is 17.2 Å². The van der Waals surface area contributed by atoms with Crippen LogP contribution in [0.25, 0.3) is 6.08 Å². The van der Waals surface area contributed by atoms with Crippen LogP contribution in [0.2, 0.25) is 0 Å². The van der Waals surface area contributed by atoms with Gasteiger partial charge in [0.25, 0.3) is 5.56 Å². The second kappa shape index (κ2) is 11.6. The fraction of sp³-hybridized carbons (Fsp3) is 0.321. The van der Waals surface area contributed by atoms with Crippen molar-refractivity contribution in [2.24, 2.45) is 4.99 Å². The molecule has 0 radical (unpaired) electrons. The minimum atomic E-state index is -0.697. The summed E-state index contributed by atoms with van der Waals surface area (Å²) in [5.41, 5.74) is 2.07. The van der Waals surface area contributed by atoms with Crippen LogP contribution in [-0.2, 0) is 9.53 Å². The molecule has 0 amide bonds. The fourth-order valence-electron chi connectivity index (χ4n) is 4.28. The van der Waals surface area contributed by atoms with Crippen molar-refractivity contribution in [3.05, 3.63) is 83.0 Å². The van der Waals surface area contributed by atoms with Crippen LogP contribution in [0.15, 0.2) is 61.9 Å². The third-order valence-electron chi connectivity index (χ3n) is 5.84. The van der Waals surface area contributed by atoms with E-state index in [2.05, 4.69) is 20.9 Å². The van der Waals surface area contributed by atoms with E-state index in [0.29, 0.717) is 42.3 Å². The molecule has 38 heavy (non-hydrogen) atoms. The van der Waals surface area contributed by atoms with Crippen molar-refractivity contribution in [3.8, 4) is 17.2 Å². The van der Waals surface area contributed by atoms with Gasteiger partial charge in [0.05, 0.1) is 53.2 Å². The lowest BCUT2D eigenvalue weighted by Gasteiger charge is -2.25. The van der Waals surface area contributed by atoms with Gasteiger partial charge in [0.15, 0.2) is 16.3 Å². The van der Waals surface area contributed by atoms with Crippen LogP contribution < -0.4 is 29.1 Å². The van der Waals surface area contributed by atoms with E-state index in [1.807, 2.05) is 44.2 Å². The number of allylic oxidation sites excluding steroid dienone is 1. The van der Waals surface area contributed by atoms with E-state index in [-0.39, 0.29) is 18.3 Å². The fourth-order valence-corrected chi connectivity index (χ4v) is 5.95. The first-order valence-corrected chi connectivity index (χ1v) is 13.7. The Morgan fingerprint density at radius 1 is 1.18 bits per heavy atom. The Balaban J connectivity index is 1.90. The highest BCUT2D eigenvalue weighted by molar-refractivity contribution is 9.10. The van der Waals surface area contributed by atoms with Crippen molar-refractivity contribution in [3.63, 3.8) is 0 Å². The molecule has 2 heterocycles. The lowest BCUT2D eigenvalue weighted by molar-refractivity contribution is -0.139. The molecule has 0 saturated heterocycles. The molecule has 0 saturated carbocycles. The van der Waals surface area contributed by atoms with Gasteiger partial charge in [-0.15, -0.1) is 0 Å². The van der Waals surface area contributed by atoms with Crippen molar-refractivity contribution in [1.29, 1.82) is 0 Å². The molecule has 1 aromatic heterocycles. The standard InChI is InChI=1S/C28H29BrN2O6S/c1-7-36-27(33)23-16(4)30-28-31(24(23)18-8-10-19(11-9-18)37-15(2)3)26(32)22(38-28)14-17-12-20(29)25(35-6)21(13-17)34-5/h8-15,24H,7H2,1-6H3/b22-14-/t24-/m0/s1. The van der Waals surface area contributed by atoms with Gasteiger partial charge in [0.1, 0.15) is 5.75 Å². The Labute approximate surface area is 233 Å². The zero-order valence-electron chi connectivity index (χ0n) is 22.0. The minimum absolute atomic E-state index is 0.0207. The number of hydrogen-bond acceptors (Lipinski definition) is 8. The zero-order chi connectivity index (χ0) is 27.6. The SMILES string of the molecule is CCOC(=O)C1=C(C)N=c2s/c(=C\c3cc(Br)c(OC)c(OC)c3)c(=O)n2[C@H]1c1ccc(OC(C)C)cc1. The number of thiazole rings is 1. The van der Waals surface area contributed by atoms with Crippen LogP contribution in [0.3, 0.4) is 0 Å². The summed E-state index contributed by atoms with van der Waals surface area (Å²) in [7, 11) is 3.12. The molecule has 0 spiro atoms. The molecule has 3 aromatic rings. The van der Waals surface area contributed by atoms with Gasteiger partial charge in [-0.25, -0.2) is 9.79 Å². The second-order valence-electron chi connectivity index (χ2n) is 8.78. The number of fused-ring (bicyclic) bond motifs is 1. The van der Waals surface area contributed by atoms with Crippen molar-refractivity contribution in [2.45, 2.75) is 39.8 Å². The van der Waals surface area contributed by atoms with Gasteiger partial charge in [-0.3, -0.25) is 9.36 Å². The first kappa shape index (κ1) is 27.7. The number of ether oxygens (including phenoxy) is 4. The van der Waals surface area contributed by atoms with E-state index >= 15 is 0 Å². The van der Waals surface area contributed by atoms with Gasteiger partial charge in [-0.1, -0.05) is 23.5 Å². The summed E-state index contributed by atoms with van der Waals surface area (Å²) in [6.07, 6.45) is 1.80. The Kier molecular flexibility index (Phi) is 8.42. The van der Waals surface area contributed by atoms with Crippen molar-refractivity contribution >= 4 is 39.3 Å². The molecule has 4 rings (SSSR count). The number of nitrogens with zero attached hydrogens (tertiary/aromatic N) is 2. The third kappa shape index (κ3) is 5.42. The highest BCUT2D eigenvalue weighted by atomic mass is 79.9. The quantitative estimate of drug-likeness (QED) is 0.357. The number of hydrogen-bond donors (Lipinski definition) is 0. The molecule has 0 fully saturated rings. The van der Waals surface area contributed by atoms with Crippen LogP contribution >= 0.6 is 27.3 Å². The number of methoxy groups -OCH3 is 2. The van der Waals surface area contributed by atoms with E-state index in [4.69, 9.17) is 18.9 Å². The number of carbonyl (C=O) groups is 1. The normalized spacial score (nSPS) is 15.3. The molecule has 2 aromatic carbocycles. The number of esters is 1. The summed E-state index contributed by atoms with van der Waals surface area (Å²) in [6.45, 7) is 7.62. The maximum atomic E-state index is 13.8. The largest absolute Gasteiger partial charge is 0.493 e. The summed E-state index contributed by atoms with van der Waals surface area (Å²) in [6, 6.07) is 10.3. The average Bonchev–Trinajstić information content (AvgIpc) is 3.17. The molecule has 0 N–H and O–H groups in total. The highest BCUT2D eigenvalue weighted by Crippen LogP contribution is 2.36. The summed E-state index contributed by atoms with van der Waals surface area (Å²) >= 11 is 4.76. The van der Waals surface area contributed by atoms with Gasteiger partial charge in [0.2, 0.25) is 0 Å². The van der Waals surface area contributed by atoms with E-state index in [0.717, 1.165) is 11.1 Å². The Morgan fingerprint density at radius 3 is 2.50 bits per heavy atom. The van der Waals surface area contributed by atoms with Gasteiger partial charge in [-0.05, 0) is 85.1 Å². The van der Waals surface area contributed by atoms with Crippen molar-refractivity contribution in [2.75, 3.05) is 20.8 Å². The van der Waals surface area contributed by atoms with Crippen molar-refractivity contribution < 1.29 is 23.7 Å². The third-order valence-corrected chi connectivity index (χ3v) is 7.41. The monoisotopic (exact) mass is 600 g/mol. The average molecular weight is 602 g/mol. The molecule has 1 atom stereocenters. The second-order valence-corrected chi connectivity index (χ2v) is 10.6. The van der Waals surface area contributed by atoms with Crippen LogP contribution in [-0.4, -0.2) is 37.5 Å². The number of halogens is 1. The summed E-state index contributed by atoms with van der Waals surface area (Å²) in [4.78, 5) is 32.0. The highest BCUT2D eigenvalue weighted by Gasteiger charge is 2.33. The smallest absolute Gasteiger partial charge is 0.338 e. The molecular formula is C28H29BrN2O6S. The Morgan fingerprint density at radius 2 is 1.89 bits per heavy atom. The number of benzene rings is 2. The van der Waals surface area contributed by atoms with E-state index in [1.165, 1.54) is 11.3 Å². The minimum Gasteiger partial charge on any atom is -0.493 e. The topological polar surface area (TPSA) is 88.4 Å². The van der Waals surface area contributed by atoms with Crippen LogP contribution in [0, 0.1) is 0 Å². The molecule has 1 aliphatic heterocycles. The van der Waals surface area contributed by atoms with E-state index < -0.39 is 12.0 Å². The maximum absolute atomic E-state index is 13.8. The molecule has 8 nitrogen and oxygen atoms in total. The Bertz CT molecular complexity index is 1570. The number of carbonyl (C=O) groups excluding carboxylic acids is 1. The first-order valence-electron chi connectivity index (χ1n) is 12.1. The van der Waals surface area contributed by atoms with Crippen LogP contribution in [0.1, 0.15) is 44.9 Å². The molecule has 0 aliphatic carbocycles. The molecule has 200 valence electrons. The Hall–Kier alpha value is -3.37. The van der Waals surface area contributed by atoms with Crippen molar-refractivity contribution in [1.82, 2.24) is 4.57 Å². The number of aromatic nitrogens is 1. The van der Waals surface area contributed by atoms with Gasteiger partial charge >= 0.3 is 5.97 Å². The lowest BCUT2D eigenvalue weighted by Crippen LogP contribution is -2.39. The van der Waals surface area contributed by atoms with E-state index in [9.17, 15) is 9.59 Å². The molecule has 1 aliphatic rings. The molecule has 0 unspecified atom stereocenters. The first-order chi connectivity index (χ1) is 18.2. The van der Waals surface area contributed by atoms with Gasteiger partial charge in [0, 0.05) is 0 Å². The summed E-state index contributed by atoms with van der Waals surface area (Å²) in [5, 5.41) is 0. The summed E-state index contributed by atoms with van der Waals surface area (Å²) < 4.78 is 24.7. The van der Waals surface area contributed by atoms with E-state index in [1.54, 1.807) is 44.8 Å². The lowest BCUT2D eigenvalue weighted by atomic mass is 9.96. The number of rotatable bonds is 8. The molecule has 10 heteroatoms. The van der Waals surface area contributed by atoms with Crippen LogP contribution in [0.4, 0.5) is 0 Å². The van der Waals surface area contributed by atoms with Gasteiger partial charge in [-0.2, -0.15) is 0 Å². The zero-order valence-corrected chi connectivity index (χ0v) is 24.4. The van der Waals surface area contributed by atoms with Gasteiger partial charge < -0.3 is 18.9 Å². The molecular weight excluding hydrogens is 572 g/mol. The molecule has 0 bridgehead atoms. The maximum Gasteiger partial charge on any atom is 0.338 e. The predicted molar refractivity (Wildman–Crippen MR) is 150 cm³/mol. The summed E-state index contributed by atoms with van der Waals surface area (Å²) in [5.74, 6) is 1.29.